The van der Waals surface area contributed by atoms with Gasteiger partial charge in [0.05, 0.1) is 7.11 Å². The maximum absolute atomic E-state index is 12.7. The lowest BCUT2D eigenvalue weighted by Crippen LogP contribution is -2.34. The molecule has 1 heterocycles. The SMILES string of the molecule is COc1ccc(CN(C(=O)CCc2c(C)[nH]c(=O)[nH]c2=O)C2CC2)cc1. The van der Waals surface area contributed by atoms with Crippen LogP contribution in [0, 0.1) is 6.92 Å². The van der Waals surface area contributed by atoms with Crippen molar-refractivity contribution >= 4 is 5.91 Å². The largest absolute Gasteiger partial charge is 0.497 e. The molecule has 2 aromatic rings. The topological polar surface area (TPSA) is 95.3 Å². The highest BCUT2D eigenvalue weighted by Gasteiger charge is 2.32. The molecule has 1 fully saturated rings. The second kappa shape index (κ2) is 7.59. The van der Waals surface area contributed by atoms with E-state index in [4.69, 9.17) is 4.74 Å². The number of hydrogen-bond acceptors (Lipinski definition) is 4. The highest BCUT2D eigenvalue weighted by Crippen LogP contribution is 2.29. The van der Waals surface area contributed by atoms with E-state index >= 15 is 0 Å². The van der Waals surface area contributed by atoms with Gasteiger partial charge in [0.2, 0.25) is 5.91 Å². The highest BCUT2D eigenvalue weighted by atomic mass is 16.5. The van der Waals surface area contributed by atoms with E-state index < -0.39 is 11.2 Å². The van der Waals surface area contributed by atoms with E-state index in [1.54, 1.807) is 14.0 Å². The third-order valence-corrected chi connectivity index (χ3v) is 4.66. The molecule has 1 aliphatic carbocycles. The Labute approximate surface area is 151 Å². The number of aromatic amines is 2. The normalized spacial score (nSPS) is 13.5. The zero-order valence-electron chi connectivity index (χ0n) is 15.0. The number of benzene rings is 1. The minimum absolute atomic E-state index is 0.0216. The number of nitrogens with one attached hydrogen (secondary N) is 2. The molecule has 138 valence electrons. The van der Waals surface area contributed by atoms with Crippen LogP contribution in [0.3, 0.4) is 0 Å². The zero-order valence-corrected chi connectivity index (χ0v) is 15.0. The Morgan fingerprint density at radius 2 is 1.88 bits per heavy atom. The van der Waals surface area contributed by atoms with Crippen LogP contribution in [0.1, 0.15) is 36.1 Å². The smallest absolute Gasteiger partial charge is 0.325 e. The number of aromatic nitrogens is 2. The summed E-state index contributed by atoms with van der Waals surface area (Å²) in [5, 5.41) is 0. The summed E-state index contributed by atoms with van der Waals surface area (Å²) in [4.78, 5) is 42.6. The van der Waals surface area contributed by atoms with Gasteiger partial charge in [-0.2, -0.15) is 0 Å². The van der Waals surface area contributed by atoms with E-state index in [9.17, 15) is 14.4 Å². The van der Waals surface area contributed by atoms with Gasteiger partial charge < -0.3 is 14.6 Å². The number of aryl methyl sites for hydroxylation is 1. The highest BCUT2D eigenvalue weighted by molar-refractivity contribution is 5.77. The van der Waals surface area contributed by atoms with Gasteiger partial charge in [-0.05, 0) is 43.9 Å². The second-order valence-electron chi connectivity index (χ2n) is 6.61. The number of amides is 1. The van der Waals surface area contributed by atoms with Crippen LogP contribution in [-0.4, -0.2) is 33.9 Å². The van der Waals surface area contributed by atoms with Gasteiger partial charge in [-0.3, -0.25) is 14.6 Å². The van der Waals surface area contributed by atoms with Crippen LogP contribution in [0.5, 0.6) is 5.75 Å². The average molecular weight is 357 g/mol. The monoisotopic (exact) mass is 357 g/mol. The number of carbonyl (C=O) groups excluding carboxylic acids is 1. The van der Waals surface area contributed by atoms with Crippen molar-refractivity contribution in [3.05, 3.63) is 61.9 Å². The number of methoxy groups -OCH3 is 1. The van der Waals surface area contributed by atoms with Crippen LogP contribution < -0.4 is 16.0 Å². The first kappa shape index (κ1) is 18.0. The molecule has 2 N–H and O–H groups in total. The molecule has 1 amide bonds. The predicted octanol–water partition coefficient (Wildman–Crippen LogP) is 1.50. The first-order valence-electron chi connectivity index (χ1n) is 8.72. The molecule has 1 aromatic carbocycles. The van der Waals surface area contributed by atoms with Gasteiger partial charge in [0.1, 0.15) is 5.75 Å². The summed E-state index contributed by atoms with van der Waals surface area (Å²) >= 11 is 0. The van der Waals surface area contributed by atoms with Gasteiger partial charge in [0, 0.05) is 30.3 Å². The number of ether oxygens (including phenoxy) is 1. The fraction of sp³-hybridized carbons (Fsp3) is 0.421. The van der Waals surface area contributed by atoms with Crippen molar-refractivity contribution < 1.29 is 9.53 Å². The summed E-state index contributed by atoms with van der Waals surface area (Å²) in [7, 11) is 1.62. The van der Waals surface area contributed by atoms with E-state index in [0.717, 1.165) is 24.2 Å². The molecule has 1 aliphatic rings. The molecule has 0 saturated heterocycles. The van der Waals surface area contributed by atoms with E-state index in [1.165, 1.54) is 0 Å². The molecular formula is C19H23N3O4. The quantitative estimate of drug-likeness (QED) is 0.785. The Bertz CT molecular complexity index is 894. The summed E-state index contributed by atoms with van der Waals surface area (Å²) in [6, 6.07) is 7.96. The molecule has 3 rings (SSSR count). The first-order chi connectivity index (χ1) is 12.5. The molecule has 0 spiro atoms. The van der Waals surface area contributed by atoms with Crippen molar-refractivity contribution in [2.24, 2.45) is 0 Å². The van der Waals surface area contributed by atoms with Crippen LogP contribution in [0.25, 0.3) is 0 Å². The Kier molecular flexibility index (Phi) is 5.25. The second-order valence-corrected chi connectivity index (χ2v) is 6.61. The van der Waals surface area contributed by atoms with Crippen molar-refractivity contribution in [2.75, 3.05) is 7.11 Å². The molecule has 0 bridgehead atoms. The summed E-state index contributed by atoms with van der Waals surface area (Å²) in [5.74, 6) is 0.805. The minimum atomic E-state index is -0.526. The molecule has 0 aliphatic heterocycles. The number of nitrogens with zero attached hydrogens (tertiary/aromatic N) is 1. The lowest BCUT2D eigenvalue weighted by Gasteiger charge is -2.23. The average Bonchev–Trinajstić information content (AvgIpc) is 3.44. The van der Waals surface area contributed by atoms with Gasteiger partial charge in [-0.25, -0.2) is 4.79 Å². The lowest BCUT2D eigenvalue weighted by molar-refractivity contribution is -0.132. The van der Waals surface area contributed by atoms with E-state index in [0.29, 0.717) is 24.2 Å². The fourth-order valence-corrected chi connectivity index (χ4v) is 3.04. The summed E-state index contributed by atoms with van der Waals surface area (Å²) in [6.07, 6.45) is 2.57. The van der Waals surface area contributed by atoms with Gasteiger partial charge in [0.15, 0.2) is 0 Å². The molecule has 0 unspecified atom stereocenters. The first-order valence-corrected chi connectivity index (χ1v) is 8.72. The van der Waals surface area contributed by atoms with E-state index in [-0.39, 0.29) is 18.4 Å². The van der Waals surface area contributed by atoms with Crippen molar-refractivity contribution in [1.29, 1.82) is 0 Å². The molecule has 1 saturated carbocycles. The van der Waals surface area contributed by atoms with Crippen molar-refractivity contribution in [3.63, 3.8) is 0 Å². The number of hydrogen-bond donors (Lipinski definition) is 2. The van der Waals surface area contributed by atoms with Crippen LogP contribution in [0.15, 0.2) is 33.9 Å². The summed E-state index contributed by atoms with van der Waals surface area (Å²) in [5.41, 5.74) is 1.07. The van der Waals surface area contributed by atoms with Crippen molar-refractivity contribution in [3.8, 4) is 5.75 Å². The molecule has 0 atom stereocenters. The van der Waals surface area contributed by atoms with Crippen molar-refractivity contribution in [1.82, 2.24) is 14.9 Å². The van der Waals surface area contributed by atoms with Gasteiger partial charge in [-0.1, -0.05) is 12.1 Å². The zero-order chi connectivity index (χ0) is 18.7. The standard InChI is InChI=1S/C19H23N3O4/c1-12-16(18(24)21-19(25)20-12)9-10-17(23)22(14-5-6-14)11-13-3-7-15(26-2)8-4-13/h3-4,7-8,14H,5-6,9-11H2,1-2H3,(H2,20,21,24,25). The van der Waals surface area contributed by atoms with Gasteiger partial charge >= 0.3 is 5.69 Å². The predicted molar refractivity (Wildman–Crippen MR) is 97.3 cm³/mol. The Balaban J connectivity index is 1.67. The van der Waals surface area contributed by atoms with Crippen LogP contribution in [0.2, 0.25) is 0 Å². The third-order valence-electron chi connectivity index (χ3n) is 4.66. The van der Waals surface area contributed by atoms with Gasteiger partial charge in [-0.15, -0.1) is 0 Å². The maximum Gasteiger partial charge on any atom is 0.325 e. The van der Waals surface area contributed by atoms with E-state index in [2.05, 4.69) is 9.97 Å². The molecule has 26 heavy (non-hydrogen) atoms. The maximum atomic E-state index is 12.7. The van der Waals surface area contributed by atoms with Gasteiger partial charge in [0.25, 0.3) is 5.56 Å². The Hall–Kier alpha value is -2.83. The van der Waals surface area contributed by atoms with Crippen LogP contribution >= 0.6 is 0 Å². The Morgan fingerprint density at radius 3 is 2.46 bits per heavy atom. The number of carbonyl (C=O) groups is 1. The summed E-state index contributed by atoms with van der Waals surface area (Å²) in [6.45, 7) is 2.22. The number of H-pyrrole nitrogens is 2. The lowest BCUT2D eigenvalue weighted by atomic mass is 10.1. The van der Waals surface area contributed by atoms with Crippen LogP contribution in [-0.2, 0) is 17.8 Å². The Morgan fingerprint density at radius 1 is 1.19 bits per heavy atom. The molecular weight excluding hydrogens is 334 g/mol. The molecule has 7 nitrogen and oxygen atoms in total. The molecule has 7 heteroatoms. The fourth-order valence-electron chi connectivity index (χ4n) is 3.04. The van der Waals surface area contributed by atoms with E-state index in [1.807, 2.05) is 29.2 Å². The number of rotatable bonds is 7. The minimum Gasteiger partial charge on any atom is -0.497 e. The van der Waals surface area contributed by atoms with Crippen LogP contribution in [0.4, 0.5) is 0 Å². The molecule has 1 aromatic heterocycles. The molecule has 0 radical (unpaired) electrons. The third kappa shape index (κ3) is 4.22. The van der Waals surface area contributed by atoms with Crippen molar-refractivity contribution in [2.45, 2.75) is 45.2 Å². The summed E-state index contributed by atoms with van der Waals surface area (Å²) < 4.78 is 5.16.